The number of anilines is 1. The number of amides is 1. The van der Waals surface area contributed by atoms with Crippen LogP contribution in [0.4, 0.5) is 5.69 Å². The number of hydrogen-bond donors (Lipinski definition) is 0. The molecular formula is C15H21N5O. The van der Waals surface area contributed by atoms with Crippen LogP contribution < -0.4 is 4.90 Å². The van der Waals surface area contributed by atoms with E-state index in [0.717, 1.165) is 5.69 Å². The average molecular weight is 287 g/mol. The summed E-state index contributed by atoms with van der Waals surface area (Å²) in [6.45, 7) is 8.32. The summed E-state index contributed by atoms with van der Waals surface area (Å²) in [7, 11) is 1.72. The maximum absolute atomic E-state index is 12.6. The van der Waals surface area contributed by atoms with E-state index in [1.165, 1.54) is 0 Å². The predicted octanol–water partition coefficient (Wildman–Crippen LogP) is 2.48. The molecule has 2 rings (SSSR count). The SMILES string of the molecule is Cc1c(C(=O)N(C)c2ccnnc2)cnn1C(C)C(C)C. The Hall–Kier alpha value is -2.24. The minimum absolute atomic E-state index is 0.0947. The van der Waals surface area contributed by atoms with Gasteiger partial charge in [0.25, 0.3) is 5.91 Å². The Kier molecular flexibility index (Phi) is 4.35. The van der Waals surface area contributed by atoms with E-state index in [9.17, 15) is 4.79 Å². The van der Waals surface area contributed by atoms with Crippen LogP contribution in [0.2, 0.25) is 0 Å². The van der Waals surface area contributed by atoms with Crippen molar-refractivity contribution in [2.45, 2.75) is 33.7 Å². The molecule has 6 heteroatoms. The molecule has 1 unspecified atom stereocenters. The van der Waals surface area contributed by atoms with Gasteiger partial charge in [0, 0.05) is 12.7 Å². The summed E-state index contributed by atoms with van der Waals surface area (Å²) in [5.41, 5.74) is 2.20. The molecule has 112 valence electrons. The average Bonchev–Trinajstić information content (AvgIpc) is 2.87. The zero-order valence-corrected chi connectivity index (χ0v) is 13.1. The minimum atomic E-state index is -0.0947. The van der Waals surface area contributed by atoms with E-state index in [1.54, 1.807) is 36.6 Å². The summed E-state index contributed by atoms with van der Waals surface area (Å²) in [5.74, 6) is 0.358. The van der Waals surface area contributed by atoms with Gasteiger partial charge >= 0.3 is 0 Å². The quantitative estimate of drug-likeness (QED) is 0.866. The van der Waals surface area contributed by atoms with Gasteiger partial charge in [-0.05, 0) is 25.8 Å². The van der Waals surface area contributed by atoms with E-state index in [0.29, 0.717) is 17.2 Å². The molecule has 0 saturated carbocycles. The molecule has 2 heterocycles. The highest BCUT2D eigenvalue weighted by Crippen LogP contribution is 2.21. The first-order valence-electron chi connectivity index (χ1n) is 7.02. The number of nitrogens with zero attached hydrogens (tertiary/aromatic N) is 5. The fourth-order valence-electron chi connectivity index (χ4n) is 2.11. The topological polar surface area (TPSA) is 63.9 Å². The van der Waals surface area contributed by atoms with E-state index >= 15 is 0 Å². The summed E-state index contributed by atoms with van der Waals surface area (Å²) in [5, 5.41) is 11.9. The molecule has 0 radical (unpaired) electrons. The van der Waals surface area contributed by atoms with Crippen LogP contribution in [0.15, 0.2) is 24.7 Å². The fraction of sp³-hybridized carbons (Fsp3) is 0.467. The van der Waals surface area contributed by atoms with E-state index in [-0.39, 0.29) is 11.9 Å². The van der Waals surface area contributed by atoms with Crippen molar-refractivity contribution in [2.75, 3.05) is 11.9 Å². The standard InChI is InChI=1S/C15H21N5O/c1-10(2)11(3)20-12(4)14(9-18-20)15(21)19(5)13-6-7-16-17-8-13/h6-11H,1-5H3. The molecule has 0 N–H and O–H groups in total. The lowest BCUT2D eigenvalue weighted by Gasteiger charge is -2.19. The van der Waals surface area contributed by atoms with Gasteiger partial charge < -0.3 is 4.90 Å². The number of carbonyl (C=O) groups excluding carboxylic acids is 1. The zero-order chi connectivity index (χ0) is 15.6. The van der Waals surface area contributed by atoms with Crippen molar-refractivity contribution in [3.8, 4) is 0 Å². The third kappa shape index (κ3) is 2.94. The van der Waals surface area contributed by atoms with Gasteiger partial charge in [-0.1, -0.05) is 13.8 Å². The summed E-state index contributed by atoms with van der Waals surface area (Å²) in [6, 6.07) is 2.00. The maximum atomic E-state index is 12.6. The number of hydrogen-bond acceptors (Lipinski definition) is 4. The number of rotatable bonds is 4. The van der Waals surface area contributed by atoms with Crippen LogP contribution in [0.25, 0.3) is 0 Å². The van der Waals surface area contributed by atoms with Crippen molar-refractivity contribution in [1.29, 1.82) is 0 Å². The Bertz CT molecular complexity index is 620. The summed E-state index contributed by atoms with van der Waals surface area (Å²) >= 11 is 0. The Morgan fingerprint density at radius 3 is 2.52 bits per heavy atom. The molecule has 0 spiro atoms. The normalized spacial score (nSPS) is 12.5. The first-order valence-corrected chi connectivity index (χ1v) is 7.02. The number of aromatic nitrogens is 4. The smallest absolute Gasteiger partial charge is 0.261 e. The molecule has 0 aliphatic carbocycles. The Balaban J connectivity index is 2.29. The lowest BCUT2D eigenvalue weighted by atomic mass is 10.1. The monoisotopic (exact) mass is 287 g/mol. The summed E-state index contributed by atoms with van der Waals surface area (Å²) < 4.78 is 1.91. The first-order chi connectivity index (χ1) is 9.93. The molecule has 6 nitrogen and oxygen atoms in total. The van der Waals surface area contributed by atoms with Gasteiger partial charge in [-0.2, -0.15) is 15.3 Å². The summed E-state index contributed by atoms with van der Waals surface area (Å²) in [6.07, 6.45) is 4.77. The van der Waals surface area contributed by atoms with Crippen molar-refractivity contribution >= 4 is 11.6 Å². The van der Waals surface area contributed by atoms with E-state index < -0.39 is 0 Å². The lowest BCUT2D eigenvalue weighted by Crippen LogP contribution is -2.27. The lowest BCUT2D eigenvalue weighted by molar-refractivity contribution is 0.0992. The minimum Gasteiger partial charge on any atom is -0.310 e. The predicted molar refractivity (Wildman–Crippen MR) is 81.3 cm³/mol. The van der Waals surface area contributed by atoms with Crippen LogP contribution in [-0.2, 0) is 0 Å². The van der Waals surface area contributed by atoms with Crippen LogP contribution in [0, 0.1) is 12.8 Å². The molecule has 0 aliphatic heterocycles. The fourth-order valence-corrected chi connectivity index (χ4v) is 2.11. The molecule has 0 aromatic carbocycles. The third-order valence-corrected chi connectivity index (χ3v) is 3.89. The molecule has 1 amide bonds. The van der Waals surface area contributed by atoms with E-state index in [2.05, 4.69) is 36.1 Å². The van der Waals surface area contributed by atoms with Crippen molar-refractivity contribution < 1.29 is 4.79 Å². The molecule has 2 aromatic rings. The van der Waals surface area contributed by atoms with Crippen molar-refractivity contribution in [1.82, 2.24) is 20.0 Å². The summed E-state index contributed by atoms with van der Waals surface area (Å²) in [4.78, 5) is 14.2. The molecule has 1 atom stereocenters. The third-order valence-electron chi connectivity index (χ3n) is 3.89. The molecule has 2 aromatic heterocycles. The maximum Gasteiger partial charge on any atom is 0.261 e. The zero-order valence-electron chi connectivity index (χ0n) is 13.1. The highest BCUT2D eigenvalue weighted by atomic mass is 16.2. The van der Waals surface area contributed by atoms with Crippen LogP contribution in [0.1, 0.15) is 42.9 Å². The molecule has 0 fully saturated rings. The van der Waals surface area contributed by atoms with Crippen molar-refractivity contribution in [2.24, 2.45) is 5.92 Å². The van der Waals surface area contributed by atoms with Gasteiger partial charge in [0.2, 0.25) is 0 Å². The molecular weight excluding hydrogens is 266 g/mol. The molecule has 0 bridgehead atoms. The molecule has 21 heavy (non-hydrogen) atoms. The van der Waals surface area contributed by atoms with Crippen molar-refractivity contribution in [3.05, 3.63) is 35.9 Å². The number of carbonyl (C=O) groups is 1. The Morgan fingerprint density at radius 2 is 1.95 bits per heavy atom. The van der Waals surface area contributed by atoms with Crippen LogP contribution >= 0.6 is 0 Å². The second-order valence-electron chi connectivity index (χ2n) is 5.54. The van der Waals surface area contributed by atoms with Crippen LogP contribution in [0.3, 0.4) is 0 Å². The van der Waals surface area contributed by atoms with Gasteiger partial charge in [-0.3, -0.25) is 9.48 Å². The Labute approximate surface area is 124 Å². The first kappa shape index (κ1) is 15.2. The largest absolute Gasteiger partial charge is 0.310 e. The van der Waals surface area contributed by atoms with E-state index in [1.807, 2.05) is 11.6 Å². The van der Waals surface area contributed by atoms with Crippen molar-refractivity contribution in [3.63, 3.8) is 0 Å². The van der Waals surface area contributed by atoms with Gasteiger partial charge in [0.1, 0.15) is 0 Å². The van der Waals surface area contributed by atoms with Gasteiger partial charge in [0.15, 0.2) is 0 Å². The molecule has 0 aliphatic rings. The second-order valence-corrected chi connectivity index (χ2v) is 5.54. The Morgan fingerprint density at radius 1 is 1.24 bits per heavy atom. The van der Waals surface area contributed by atoms with Crippen LogP contribution in [0.5, 0.6) is 0 Å². The van der Waals surface area contributed by atoms with Gasteiger partial charge in [0.05, 0.1) is 35.9 Å². The van der Waals surface area contributed by atoms with Crippen LogP contribution in [-0.4, -0.2) is 32.9 Å². The van der Waals surface area contributed by atoms with Gasteiger partial charge in [-0.15, -0.1) is 0 Å². The van der Waals surface area contributed by atoms with E-state index in [4.69, 9.17) is 0 Å². The molecule has 0 saturated heterocycles. The second kappa shape index (κ2) is 6.03. The van der Waals surface area contributed by atoms with Gasteiger partial charge in [-0.25, -0.2) is 0 Å². The highest BCUT2D eigenvalue weighted by molar-refractivity contribution is 6.06. The highest BCUT2D eigenvalue weighted by Gasteiger charge is 2.22.